The molecule has 1 saturated heterocycles. The van der Waals surface area contributed by atoms with Gasteiger partial charge in [0, 0.05) is 5.56 Å². The highest BCUT2D eigenvalue weighted by atomic mass is 16.5. The van der Waals surface area contributed by atoms with E-state index in [4.69, 9.17) is 4.74 Å². The highest BCUT2D eigenvalue weighted by Crippen LogP contribution is 2.20. The van der Waals surface area contributed by atoms with E-state index in [0.29, 0.717) is 13.2 Å². The largest absolute Gasteiger partial charge is 0.494 e. The van der Waals surface area contributed by atoms with E-state index >= 15 is 0 Å². The lowest BCUT2D eigenvalue weighted by molar-refractivity contribution is 0.0915. The molecule has 0 aliphatic carbocycles. The summed E-state index contributed by atoms with van der Waals surface area (Å²) in [5, 5.41) is 0. The number of ketones is 1. The Balaban J connectivity index is 2.00. The Morgan fingerprint density at radius 2 is 2.00 bits per heavy atom. The van der Waals surface area contributed by atoms with E-state index < -0.39 is 0 Å². The van der Waals surface area contributed by atoms with Crippen LogP contribution in [0.3, 0.4) is 0 Å². The number of hydrogen-bond donors (Lipinski definition) is 0. The normalized spacial score (nSPS) is 16.3. The minimum atomic E-state index is 0.216. The number of carbonyl (C=O) groups excluding carboxylic acids is 1. The molecule has 1 aliphatic rings. The second-order valence-corrected chi connectivity index (χ2v) is 5.17. The molecule has 1 aromatic carbocycles. The van der Waals surface area contributed by atoms with Gasteiger partial charge in [0.25, 0.3) is 0 Å². The molecule has 1 aromatic rings. The lowest BCUT2D eigenvalue weighted by Gasteiger charge is -2.25. The summed E-state index contributed by atoms with van der Waals surface area (Å²) < 4.78 is 5.50. The van der Waals surface area contributed by atoms with Crippen molar-refractivity contribution in [2.24, 2.45) is 0 Å². The lowest BCUT2D eigenvalue weighted by atomic mass is 10.1. The van der Waals surface area contributed by atoms with Crippen molar-refractivity contribution in [1.29, 1.82) is 0 Å². The fourth-order valence-electron chi connectivity index (χ4n) is 2.55. The number of hydrogen-bond acceptors (Lipinski definition) is 3. The van der Waals surface area contributed by atoms with E-state index in [1.54, 1.807) is 0 Å². The van der Waals surface area contributed by atoms with Crippen molar-refractivity contribution in [3.8, 4) is 5.75 Å². The first-order valence-electron chi connectivity index (χ1n) is 7.19. The Morgan fingerprint density at radius 3 is 2.63 bits per heavy atom. The van der Waals surface area contributed by atoms with Gasteiger partial charge in [-0.3, -0.25) is 9.69 Å². The summed E-state index contributed by atoms with van der Waals surface area (Å²) in [6.45, 7) is 7.27. The first-order valence-corrected chi connectivity index (χ1v) is 7.19. The lowest BCUT2D eigenvalue weighted by Crippen LogP contribution is -2.34. The van der Waals surface area contributed by atoms with E-state index in [1.807, 2.05) is 32.0 Å². The number of carbonyl (C=O) groups is 1. The van der Waals surface area contributed by atoms with Crippen molar-refractivity contribution in [1.82, 2.24) is 4.90 Å². The average Bonchev–Trinajstić information content (AvgIpc) is 2.42. The summed E-state index contributed by atoms with van der Waals surface area (Å²) in [4.78, 5) is 14.5. The van der Waals surface area contributed by atoms with Gasteiger partial charge in [0.1, 0.15) is 5.75 Å². The molecule has 0 amide bonds. The molecule has 0 N–H and O–H groups in total. The Kier molecular flexibility index (Phi) is 4.97. The predicted octanol–water partition coefficient (Wildman–Crippen LogP) is 3.06. The van der Waals surface area contributed by atoms with Gasteiger partial charge in [-0.05, 0) is 63.5 Å². The number of piperidine rings is 1. The van der Waals surface area contributed by atoms with E-state index in [-0.39, 0.29) is 5.78 Å². The minimum absolute atomic E-state index is 0.216. The van der Waals surface area contributed by atoms with Crippen LogP contribution in [0.5, 0.6) is 5.75 Å². The number of Topliss-reactive ketones (excluding diaryl/α,β-unsaturated/α-hetero) is 1. The van der Waals surface area contributed by atoms with Crippen LogP contribution < -0.4 is 4.74 Å². The number of benzene rings is 1. The third-order valence-electron chi connectivity index (χ3n) is 3.61. The smallest absolute Gasteiger partial charge is 0.176 e. The van der Waals surface area contributed by atoms with Crippen molar-refractivity contribution in [3.05, 3.63) is 29.3 Å². The highest BCUT2D eigenvalue weighted by Gasteiger charge is 2.15. The van der Waals surface area contributed by atoms with Crippen molar-refractivity contribution >= 4 is 5.78 Å². The van der Waals surface area contributed by atoms with Gasteiger partial charge < -0.3 is 4.74 Å². The predicted molar refractivity (Wildman–Crippen MR) is 77.0 cm³/mol. The molecule has 19 heavy (non-hydrogen) atoms. The Hall–Kier alpha value is -1.35. The molecule has 0 atom stereocenters. The number of ether oxygens (including phenoxy) is 1. The molecule has 3 nitrogen and oxygen atoms in total. The maximum absolute atomic E-state index is 12.3. The fraction of sp³-hybridized carbons (Fsp3) is 0.562. The molecule has 0 radical (unpaired) electrons. The monoisotopic (exact) mass is 261 g/mol. The van der Waals surface area contributed by atoms with Crippen molar-refractivity contribution in [2.45, 2.75) is 33.1 Å². The van der Waals surface area contributed by atoms with Crippen LogP contribution in [0.1, 0.15) is 42.1 Å². The van der Waals surface area contributed by atoms with Crippen LogP contribution >= 0.6 is 0 Å². The van der Waals surface area contributed by atoms with Gasteiger partial charge in [-0.25, -0.2) is 0 Å². The Labute approximate surface area is 115 Å². The first kappa shape index (κ1) is 14.1. The van der Waals surface area contributed by atoms with Gasteiger partial charge in [-0.15, -0.1) is 0 Å². The van der Waals surface area contributed by atoms with E-state index in [1.165, 1.54) is 19.3 Å². The molecule has 0 unspecified atom stereocenters. The van der Waals surface area contributed by atoms with E-state index in [0.717, 1.165) is 30.0 Å². The van der Waals surface area contributed by atoms with Gasteiger partial charge in [0.15, 0.2) is 5.78 Å². The zero-order chi connectivity index (χ0) is 13.7. The SMILES string of the molecule is CCOc1ccc(C(=O)CN2CCCCC2)cc1C. The molecule has 104 valence electrons. The molecule has 0 aromatic heterocycles. The molecule has 0 spiro atoms. The number of aryl methyl sites for hydroxylation is 1. The summed E-state index contributed by atoms with van der Waals surface area (Å²) >= 11 is 0. The first-order chi connectivity index (χ1) is 9.20. The summed E-state index contributed by atoms with van der Waals surface area (Å²) in [7, 11) is 0. The topological polar surface area (TPSA) is 29.5 Å². The standard InChI is InChI=1S/C16H23NO2/c1-3-19-16-8-7-14(11-13(16)2)15(18)12-17-9-5-4-6-10-17/h7-8,11H,3-6,9-10,12H2,1-2H3. The molecule has 0 bridgehead atoms. The Bertz CT molecular complexity index is 436. The maximum atomic E-state index is 12.3. The van der Waals surface area contributed by atoms with Gasteiger partial charge >= 0.3 is 0 Å². The summed E-state index contributed by atoms with van der Waals surface area (Å²) in [6, 6.07) is 5.73. The van der Waals surface area contributed by atoms with Crippen molar-refractivity contribution in [3.63, 3.8) is 0 Å². The summed E-state index contributed by atoms with van der Waals surface area (Å²) in [5.74, 6) is 1.09. The zero-order valence-corrected chi connectivity index (χ0v) is 11.9. The fourth-order valence-corrected chi connectivity index (χ4v) is 2.55. The second-order valence-electron chi connectivity index (χ2n) is 5.17. The molecule has 1 aliphatic heterocycles. The molecule has 1 heterocycles. The molecule has 2 rings (SSSR count). The second kappa shape index (κ2) is 6.71. The van der Waals surface area contributed by atoms with E-state index in [2.05, 4.69) is 4.90 Å². The number of rotatable bonds is 5. The third kappa shape index (κ3) is 3.80. The molecule has 1 fully saturated rings. The van der Waals surface area contributed by atoms with Crippen molar-refractivity contribution < 1.29 is 9.53 Å². The third-order valence-corrected chi connectivity index (χ3v) is 3.61. The molecule has 0 saturated carbocycles. The average molecular weight is 261 g/mol. The van der Waals surface area contributed by atoms with Gasteiger partial charge in [0.05, 0.1) is 13.2 Å². The molecular formula is C16H23NO2. The Morgan fingerprint density at radius 1 is 1.26 bits per heavy atom. The van der Waals surface area contributed by atoms with Crippen LogP contribution in [0.15, 0.2) is 18.2 Å². The molecular weight excluding hydrogens is 238 g/mol. The summed E-state index contributed by atoms with van der Waals surface area (Å²) in [6.07, 6.45) is 3.73. The highest BCUT2D eigenvalue weighted by molar-refractivity contribution is 5.98. The van der Waals surface area contributed by atoms with Gasteiger partial charge in [0.2, 0.25) is 0 Å². The number of likely N-dealkylation sites (tertiary alicyclic amines) is 1. The number of nitrogens with zero attached hydrogens (tertiary/aromatic N) is 1. The van der Waals surface area contributed by atoms with Crippen LogP contribution in [0.2, 0.25) is 0 Å². The van der Waals surface area contributed by atoms with E-state index in [9.17, 15) is 4.79 Å². The van der Waals surface area contributed by atoms with Crippen LogP contribution in [0, 0.1) is 6.92 Å². The van der Waals surface area contributed by atoms with Gasteiger partial charge in [-0.2, -0.15) is 0 Å². The zero-order valence-electron chi connectivity index (χ0n) is 11.9. The molecule has 3 heteroatoms. The van der Waals surface area contributed by atoms with Crippen LogP contribution in [-0.4, -0.2) is 36.9 Å². The minimum Gasteiger partial charge on any atom is -0.494 e. The van der Waals surface area contributed by atoms with Crippen LogP contribution in [-0.2, 0) is 0 Å². The van der Waals surface area contributed by atoms with Crippen LogP contribution in [0.25, 0.3) is 0 Å². The van der Waals surface area contributed by atoms with Crippen LogP contribution in [0.4, 0.5) is 0 Å². The van der Waals surface area contributed by atoms with Gasteiger partial charge in [-0.1, -0.05) is 6.42 Å². The van der Waals surface area contributed by atoms with Crippen molar-refractivity contribution in [2.75, 3.05) is 26.2 Å². The maximum Gasteiger partial charge on any atom is 0.176 e. The summed E-state index contributed by atoms with van der Waals surface area (Å²) in [5.41, 5.74) is 1.83. The quantitative estimate of drug-likeness (QED) is 0.763.